The summed E-state index contributed by atoms with van der Waals surface area (Å²) in [6, 6.07) is 0. The van der Waals surface area contributed by atoms with Gasteiger partial charge in [0.05, 0.1) is 12.0 Å². The van der Waals surface area contributed by atoms with E-state index in [4.69, 9.17) is 5.11 Å². The maximum atomic E-state index is 10.5. The number of hydrogen-bond acceptors (Lipinski definition) is 2. The molecule has 1 aliphatic carbocycles. The van der Waals surface area contributed by atoms with Gasteiger partial charge in [0.25, 0.3) is 0 Å². The summed E-state index contributed by atoms with van der Waals surface area (Å²) in [7, 11) is 0. The smallest absolute Gasteiger partial charge is 0.310 e. The van der Waals surface area contributed by atoms with Gasteiger partial charge in [0.2, 0.25) is 0 Å². The zero-order valence-corrected chi connectivity index (χ0v) is 7.98. The van der Waals surface area contributed by atoms with Crippen molar-refractivity contribution in [3.05, 3.63) is 9.66 Å². The number of carboxylic acid groups (broad SMARTS) is 1. The predicted octanol–water partition coefficient (Wildman–Crippen LogP) is 1.16. The molecule has 0 heterocycles. The highest BCUT2D eigenvalue weighted by molar-refractivity contribution is 14.1. The molecule has 1 aliphatic rings. The number of aliphatic hydroxyl groups is 1. The normalized spacial score (nSPS) is 31.3. The lowest BCUT2D eigenvalue weighted by atomic mass is 9.94. The van der Waals surface area contributed by atoms with Crippen LogP contribution in [0, 0.1) is 5.92 Å². The highest BCUT2D eigenvalue weighted by Gasteiger charge is 2.23. The molecule has 0 aromatic rings. The number of carboxylic acids is 1. The first-order valence-corrected chi connectivity index (χ1v) is 4.47. The third-order valence-corrected chi connectivity index (χ3v) is 2.83. The zero-order chi connectivity index (χ0) is 8.43. The Kier molecular flexibility index (Phi) is 2.89. The van der Waals surface area contributed by atoms with Crippen molar-refractivity contribution in [2.45, 2.75) is 18.9 Å². The number of aliphatic hydroxyl groups excluding tert-OH is 1. The van der Waals surface area contributed by atoms with Crippen LogP contribution in [0.3, 0.4) is 0 Å². The van der Waals surface area contributed by atoms with Crippen LogP contribution in [-0.4, -0.2) is 22.3 Å². The first kappa shape index (κ1) is 8.99. The number of aliphatic carboxylic acids is 1. The molecule has 0 aromatic heterocycles. The van der Waals surface area contributed by atoms with Crippen molar-refractivity contribution >= 4 is 28.6 Å². The minimum absolute atomic E-state index is 0.398. The van der Waals surface area contributed by atoms with Crippen LogP contribution < -0.4 is 0 Å². The van der Waals surface area contributed by atoms with Crippen LogP contribution in [0.2, 0.25) is 0 Å². The molecule has 0 bridgehead atoms. The summed E-state index contributed by atoms with van der Waals surface area (Å²) < 4.78 is 0.751. The number of hydrogen-bond donors (Lipinski definition) is 2. The molecule has 62 valence electrons. The fraction of sp³-hybridized carbons (Fsp3) is 0.571. The summed E-state index contributed by atoms with van der Waals surface area (Å²) >= 11 is 1.98. The second-order valence-electron chi connectivity index (χ2n) is 2.59. The topological polar surface area (TPSA) is 57.5 Å². The van der Waals surface area contributed by atoms with Crippen LogP contribution in [-0.2, 0) is 4.79 Å². The predicted molar refractivity (Wildman–Crippen MR) is 48.5 cm³/mol. The highest BCUT2D eigenvalue weighted by atomic mass is 127. The molecule has 0 amide bonds. The average Bonchev–Trinajstić information content (AvgIpc) is 1.94. The second kappa shape index (κ2) is 3.53. The SMILES string of the molecule is O=C(O)C1C=C(I)C(O)CC1. The molecule has 2 N–H and O–H groups in total. The van der Waals surface area contributed by atoms with E-state index in [1.807, 2.05) is 22.6 Å². The standard InChI is InChI=1S/C7H9IO3/c8-5-3-4(7(10)11)1-2-6(5)9/h3-4,6,9H,1-2H2,(H,10,11). The molecule has 0 saturated heterocycles. The minimum atomic E-state index is -0.800. The van der Waals surface area contributed by atoms with Crippen LogP contribution in [0.5, 0.6) is 0 Å². The van der Waals surface area contributed by atoms with Crippen LogP contribution >= 0.6 is 22.6 Å². The molecule has 4 heteroatoms. The Labute approximate surface area is 78.2 Å². The van der Waals surface area contributed by atoms with Gasteiger partial charge in [0.15, 0.2) is 0 Å². The third kappa shape index (κ3) is 2.16. The van der Waals surface area contributed by atoms with E-state index in [9.17, 15) is 9.90 Å². The van der Waals surface area contributed by atoms with Crippen molar-refractivity contribution in [1.82, 2.24) is 0 Å². The van der Waals surface area contributed by atoms with Gasteiger partial charge in [0.1, 0.15) is 0 Å². The molecule has 0 radical (unpaired) electrons. The summed E-state index contributed by atoms with van der Waals surface area (Å²) in [6.45, 7) is 0. The van der Waals surface area contributed by atoms with E-state index in [0.717, 1.165) is 3.58 Å². The summed E-state index contributed by atoms with van der Waals surface area (Å²) in [4.78, 5) is 10.5. The second-order valence-corrected chi connectivity index (χ2v) is 3.84. The first-order valence-electron chi connectivity index (χ1n) is 3.39. The van der Waals surface area contributed by atoms with E-state index in [-0.39, 0.29) is 0 Å². The van der Waals surface area contributed by atoms with Gasteiger partial charge in [-0.25, -0.2) is 0 Å². The lowest BCUT2D eigenvalue weighted by Gasteiger charge is -2.19. The Bertz CT molecular complexity index is 200. The van der Waals surface area contributed by atoms with Gasteiger partial charge in [-0.3, -0.25) is 4.79 Å². The van der Waals surface area contributed by atoms with Gasteiger partial charge >= 0.3 is 5.97 Å². The summed E-state index contributed by atoms with van der Waals surface area (Å²) in [6.07, 6.45) is 2.29. The van der Waals surface area contributed by atoms with Gasteiger partial charge < -0.3 is 10.2 Å². The molecule has 0 aliphatic heterocycles. The average molecular weight is 268 g/mol. The molecule has 0 fully saturated rings. The van der Waals surface area contributed by atoms with Gasteiger partial charge in [-0.15, -0.1) is 0 Å². The van der Waals surface area contributed by atoms with Crippen LogP contribution in [0.25, 0.3) is 0 Å². The molecule has 0 saturated carbocycles. The van der Waals surface area contributed by atoms with Crippen molar-refractivity contribution in [3.63, 3.8) is 0 Å². The number of halogens is 1. The van der Waals surface area contributed by atoms with Crippen molar-refractivity contribution in [3.8, 4) is 0 Å². The number of carbonyl (C=O) groups is 1. The van der Waals surface area contributed by atoms with Crippen molar-refractivity contribution in [1.29, 1.82) is 0 Å². The highest BCUT2D eigenvalue weighted by Crippen LogP contribution is 2.27. The Morgan fingerprint density at radius 1 is 1.64 bits per heavy atom. The van der Waals surface area contributed by atoms with E-state index >= 15 is 0 Å². The lowest BCUT2D eigenvalue weighted by molar-refractivity contribution is -0.140. The van der Waals surface area contributed by atoms with Gasteiger partial charge in [-0.05, 0) is 35.4 Å². The fourth-order valence-corrected chi connectivity index (χ4v) is 1.80. The maximum Gasteiger partial charge on any atom is 0.310 e. The Hall–Kier alpha value is -0.100. The van der Waals surface area contributed by atoms with E-state index in [1.165, 1.54) is 0 Å². The molecular weight excluding hydrogens is 259 g/mol. The van der Waals surface area contributed by atoms with Crippen molar-refractivity contribution in [2.24, 2.45) is 5.92 Å². The Morgan fingerprint density at radius 3 is 2.73 bits per heavy atom. The zero-order valence-electron chi connectivity index (χ0n) is 5.83. The van der Waals surface area contributed by atoms with E-state index in [1.54, 1.807) is 6.08 Å². The number of rotatable bonds is 1. The molecule has 2 unspecified atom stereocenters. The third-order valence-electron chi connectivity index (χ3n) is 1.75. The molecule has 11 heavy (non-hydrogen) atoms. The van der Waals surface area contributed by atoms with Crippen LogP contribution in [0.15, 0.2) is 9.66 Å². The summed E-state index contributed by atoms with van der Waals surface area (Å²) in [5, 5.41) is 17.8. The van der Waals surface area contributed by atoms with Crippen LogP contribution in [0.1, 0.15) is 12.8 Å². The summed E-state index contributed by atoms with van der Waals surface area (Å²) in [5.41, 5.74) is 0. The maximum absolute atomic E-state index is 10.5. The largest absolute Gasteiger partial charge is 0.481 e. The molecule has 0 aromatic carbocycles. The first-order chi connectivity index (χ1) is 5.11. The van der Waals surface area contributed by atoms with Crippen LogP contribution in [0.4, 0.5) is 0 Å². The lowest BCUT2D eigenvalue weighted by Crippen LogP contribution is -2.21. The van der Waals surface area contributed by atoms with Crippen molar-refractivity contribution < 1.29 is 15.0 Å². The van der Waals surface area contributed by atoms with Crippen molar-refractivity contribution in [2.75, 3.05) is 0 Å². The Balaban J connectivity index is 2.69. The molecule has 1 rings (SSSR count). The van der Waals surface area contributed by atoms with Gasteiger partial charge in [-0.1, -0.05) is 6.08 Å². The monoisotopic (exact) mass is 268 g/mol. The van der Waals surface area contributed by atoms with Gasteiger partial charge in [0, 0.05) is 3.58 Å². The summed E-state index contributed by atoms with van der Waals surface area (Å²) in [5.74, 6) is -1.20. The fourth-order valence-electron chi connectivity index (χ4n) is 1.06. The molecular formula is C7H9IO3. The van der Waals surface area contributed by atoms with Gasteiger partial charge in [-0.2, -0.15) is 0 Å². The van der Waals surface area contributed by atoms with E-state index in [0.29, 0.717) is 12.8 Å². The molecule has 0 spiro atoms. The Morgan fingerprint density at radius 2 is 2.27 bits per heavy atom. The van der Waals surface area contributed by atoms with E-state index < -0.39 is 18.0 Å². The van der Waals surface area contributed by atoms with E-state index in [2.05, 4.69) is 0 Å². The quantitative estimate of drug-likeness (QED) is 0.701. The minimum Gasteiger partial charge on any atom is -0.481 e. The molecule has 2 atom stereocenters. The molecule has 3 nitrogen and oxygen atoms in total.